The monoisotopic (exact) mass is 278 g/mol. The first-order valence-corrected chi connectivity index (χ1v) is 6.95. The van der Waals surface area contributed by atoms with Crippen LogP contribution in [0.15, 0.2) is 24.3 Å². The van der Waals surface area contributed by atoms with E-state index in [1.54, 1.807) is 7.11 Å². The van der Waals surface area contributed by atoms with Crippen LogP contribution in [0.5, 0.6) is 5.75 Å². The van der Waals surface area contributed by atoms with Gasteiger partial charge in [-0.05, 0) is 31.4 Å². The standard InChI is InChI=1S/C15H22N2O3/c1-11(18)15(19)16-9-12-6-7-17(10-12)13-4-3-5-14(8-13)20-2/h3-5,8,11-12,18H,6-7,9-10H2,1-2H3,(H,16,19). The van der Waals surface area contributed by atoms with Crippen molar-refractivity contribution >= 4 is 11.6 Å². The van der Waals surface area contributed by atoms with E-state index in [1.165, 1.54) is 6.92 Å². The van der Waals surface area contributed by atoms with Crippen molar-refractivity contribution in [2.45, 2.75) is 19.4 Å². The molecule has 20 heavy (non-hydrogen) atoms. The smallest absolute Gasteiger partial charge is 0.248 e. The summed E-state index contributed by atoms with van der Waals surface area (Å²) in [7, 11) is 1.66. The number of amides is 1. The van der Waals surface area contributed by atoms with Crippen LogP contribution in [0.4, 0.5) is 5.69 Å². The van der Waals surface area contributed by atoms with Crippen LogP contribution in [0.3, 0.4) is 0 Å². The summed E-state index contributed by atoms with van der Waals surface area (Å²) in [5.41, 5.74) is 1.15. The molecule has 2 rings (SSSR count). The molecule has 0 aromatic heterocycles. The Morgan fingerprint density at radius 2 is 2.40 bits per heavy atom. The van der Waals surface area contributed by atoms with Gasteiger partial charge in [0.1, 0.15) is 11.9 Å². The number of methoxy groups -OCH3 is 1. The summed E-state index contributed by atoms with van der Waals surface area (Å²) in [5, 5.41) is 11.9. The fraction of sp³-hybridized carbons (Fsp3) is 0.533. The van der Waals surface area contributed by atoms with Gasteiger partial charge in [-0.15, -0.1) is 0 Å². The van der Waals surface area contributed by atoms with Crippen LogP contribution in [0.25, 0.3) is 0 Å². The molecule has 0 aliphatic carbocycles. The number of aliphatic hydroxyl groups is 1. The van der Waals surface area contributed by atoms with Gasteiger partial charge in [0.25, 0.3) is 0 Å². The zero-order valence-corrected chi connectivity index (χ0v) is 12.0. The van der Waals surface area contributed by atoms with Gasteiger partial charge in [-0.25, -0.2) is 0 Å². The van der Waals surface area contributed by atoms with E-state index in [-0.39, 0.29) is 5.91 Å². The van der Waals surface area contributed by atoms with Gasteiger partial charge in [-0.1, -0.05) is 6.07 Å². The maximum atomic E-state index is 11.3. The molecule has 1 aliphatic heterocycles. The predicted octanol–water partition coefficient (Wildman–Crippen LogP) is 1.02. The zero-order valence-electron chi connectivity index (χ0n) is 12.0. The van der Waals surface area contributed by atoms with E-state index in [2.05, 4.69) is 16.3 Å². The lowest BCUT2D eigenvalue weighted by Gasteiger charge is -2.19. The maximum Gasteiger partial charge on any atom is 0.248 e. The third kappa shape index (κ3) is 3.63. The molecule has 2 N–H and O–H groups in total. The maximum absolute atomic E-state index is 11.3. The minimum absolute atomic E-state index is 0.301. The molecule has 0 spiro atoms. The predicted molar refractivity (Wildman–Crippen MR) is 78.0 cm³/mol. The van der Waals surface area contributed by atoms with Gasteiger partial charge in [-0.3, -0.25) is 4.79 Å². The molecule has 110 valence electrons. The summed E-state index contributed by atoms with van der Waals surface area (Å²) in [5.74, 6) is 0.974. The number of carbonyl (C=O) groups is 1. The Labute approximate surface area is 119 Å². The molecule has 1 aliphatic rings. The Bertz CT molecular complexity index is 462. The van der Waals surface area contributed by atoms with Gasteiger partial charge < -0.3 is 20.1 Å². The summed E-state index contributed by atoms with van der Waals surface area (Å²) in [6.07, 6.45) is 0.1000. The fourth-order valence-electron chi connectivity index (χ4n) is 2.43. The molecule has 2 unspecified atom stereocenters. The van der Waals surface area contributed by atoms with E-state index in [0.29, 0.717) is 12.5 Å². The molecule has 1 aromatic carbocycles. The van der Waals surface area contributed by atoms with Gasteiger partial charge in [0.05, 0.1) is 7.11 Å². The number of nitrogens with one attached hydrogen (secondary N) is 1. The van der Waals surface area contributed by atoms with E-state index in [4.69, 9.17) is 9.84 Å². The molecule has 0 bridgehead atoms. The summed E-state index contributed by atoms with van der Waals surface area (Å²) < 4.78 is 5.24. The Morgan fingerprint density at radius 1 is 1.60 bits per heavy atom. The van der Waals surface area contributed by atoms with Crippen LogP contribution in [0, 0.1) is 5.92 Å². The van der Waals surface area contributed by atoms with E-state index < -0.39 is 6.10 Å². The lowest BCUT2D eigenvalue weighted by Crippen LogP contribution is -2.36. The number of benzene rings is 1. The number of carbonyl (C=O) groups excluding carboxylic acids is 1. The van der Waals surface area contributed by atoms with Crippen molar-refractivity contribution in [3.63, 3.8) is 0 Å². The SMILES string of the molecule is COc1cccc(N2CCC(CNC(=O)C(C)O)C2)c1. The largest absolute Gasteiger partial charge is 0.497 e. The third-order valence-electron chi connectivity index (χ3n) is 3.65. The highest BCUT2D eigenvalue weighted by Crippen LogP contribution is 2.26. The Balaban J connectivity index is 1.87. The van der Waals surface area contributed by atoms with Crippen LogP contribution in [0.2, 0.25) is 0 Å². The second kappa shape index (κ2) is 6.61. The van der Waals surface area contributed by atoms with E-state index in [0.717, 1.165) is 30.9 Å². The van der Waals surface area contributed by atoms with Crippen molar-refractivity contribution in [3.05, 3.63) is 24.3 Å². The van der Waals surface area contributed by atoms with Crippen LogP contribution in [-0.2, 0) is 4.79 Å². The highest BCUT2D eigenvalue weighted by Gasteiger charge is 2.23. The molecule has 0 radical (unpaired) electrons. The minimum atomic E-state index is -0.939. The number of aliphatic hydroxyl groups excluding tert-OH is 1. The molecule has 5 heteroatoms. The molecular weight excluding hydrogens is 256 g/mol. The van der Waals surface area contributed by atoms with E-state index >= 15 is 0 Å². The summed E-state index contributed by atoms with van der Waals surface area (Å²) in [4.78, 5) is 13.6. The summed E-state index contributed by atoms with van der Waals surface area (Å²) in [6.45, 7) is 3.98. The van der Waals surface area contributed by atoms with Gasteiger partial charge in [-0.2, -0.15) is 0 Å². The molecule has 2 atom stereocenters. The molecular formula is C15H22N2O3. The molecule has 0 saturated carbocycles. The fourth-order valence-corrected chi connectivity index (χ4v) is 2.43. The van der Waals surface area contributed by atoms with Crippen molar-refractivity contribution in [2.24, 2.45) is 5.92 Å². The van der Waals surface area contributed by atoms with Crippen molar-refractivity contribution in [1.29, 1.82) is 0 Å². The first-order valence-electron chi connectivity index (χ1n) is 6.95. The summed E-state index contributed by atoms with van der Waals surface area (Å²) >= 11 is 0. The molecule has 1 saturated heterocycles. The van der Waals surface area contributed by atoms with Crippen molar-refractivity contribution < 1.29 is 14.6 Å². The quantitative estimate of drug-likeness (QED) is 0.844. The summed E-state index contributed by atoms with van der Waals surface area (Å²) in [6, 6.07) is 8.01. The zero-order chi connectivity index (χ0) is 14.5. The normalized spacial score (nSPS) is 19.8. The second-order valence-corrected chi connectivity index (χ2v) is 5.22. The lowest BCUT2D eigenvalue weighted by atomic mass is 10.1. The number of anilines is 1. The Morgan fingerprint density at radius 3 is 3.10 bits per heavy atom. The van der Waals surface area contributed by atoms with E-state index in [9.17, 15) is 4.79 Å². The number of rotatable bonds is 5. The van der Waals surface area contributed by atoms with Gasteiger partial charge in [0, 0.05) is 31.4 Å². The topological polar surface area (TPSA) is 61.8 Å². The van der Waals surface area contributed by atoms with Crippen LogP contribution in [-0.4, -0.2) is 43.9 Å². The average Bonchev–Trinajstić information content (AvgIpc) is 2.93. The van der Waals surface area contributed by atoms with Crippen molar-refractivity contribution in [2.75, 3.05) is 31.6 Å². The Kier molecular flexibility index (Phi) is 4.84. The molecule has 1 aromatic rings. The third-order valence-corrected chi connectivity index (χ3v) is 3.65. The van der Waals surface area contributed by atoms with E-state index in [1.807, 2.05) is 18.2 Å². The molecule has 1 heterocycles. The molecule has 1 amide bonds. The van der Waals surface area contributed by atoms with Crippen molar-refractivity contribution in [3.8, 4) is 5.75 Å². The highest BCUT2D eigenvalue weighted by atomic mass is 16.5. The van der Waals surface area contributed by atoms with Crippen LogP contribution >= 0.6 is 0 Å². The Hall–Kier alpha value is -1.75. The average molecular weight is 278 g/mol. The first kappa shape index (κ1) is 14.7. The van der Waals surface area contributed by atoms with Gasteiger partial charge >= 0.3 is 0 Å². The number of hydrogen-bond acceptors (Lipinski definition) is 4. The number of hydrogen-bond donors (Lipinski definition) is 2. The number of ether oxygens (including phenoxy) is 1. The molecule has 1 fully saturated rings. The van der Waals surface area contributed by atoms with Crippen LogP contribution in [0.1, 0.15) is 13.3 Å². The van der Waals surface area contributed by atoms with Gasteiger partial charge in [0.2, 0.25) is 5.91 Å². The number of nitrogens with zero attached hydrogens (tertiary/aromatic N) is 1. The van der Waals surface area contributed by atoms with Crippen LogP contribution < -0.4 is 15.0 Å². The second-order valence-electron chi connectivity index (χ2n) is 5.22. The lowest BCUT2D eigenvalue weighted by molar-refractivity contribution is -0.128. The first-order chi connectivity index (χ1) is 9.60. The molecule has 5 nitrogen and oxygen atoms in total. The minimum Gasteiger partial charge on any atom is -0.497 e. The van der Waals surface area contributed by atoms with Crippen molar-refractivity contribution in [1.82, 2.24) is 5.32 Å². The van der Waals surface area contributed by atoms with Gasteiger partial charge in [0.15, 0.2) is 0 Å². The highest BCUT2D eigenvalue weighted by molar-refractivity contribution is 5.79.